The molecule has 0 aliphatic carbocycles. The standard InChI is InChI=1S/C14H16F2O2/c1-13(2)7-18-10-6-8(15)5-9(16)11(10)12(17)14(13,3)4/h5-6H,7H2,1-4H3. The number of rotatable bonds is 0. The molecule has 0 bridgehead atoms. The number of hydrogen-bond donors (Lipinski definition) is 0. The van der Waals surface area contributed by atoms with Crippen LogP contribution in [0, 0.1) is 22.5 Å². The molecule has 1 aromatic rings. The molecule has 0 atom stereocenters. The molecule has 1 aromatic carbocycles. The van der Waals surface area contributed by atoms with E-state index in [4.69, 9.17) is 4.74 Å². The van der Waals surface area contributed by atoms with Crippen molar-refractivity contribution in [3.05, 3.63) is 29.3 Å². The van der Waals surface area contributed by atoms with Crippen LogP contribution in [-0.4, -0.2) is 12.4 Å². The van der Waals surface area contributed by atoms with E-state index in [0.29, 0.717) is 6.07 Å². The van der Waals surface area contributed by atoms with Crippen molar-refractivity contribution in [1.82, 2.24) is 0 Å². The summed E-state index contributed by atoms with van der Waals surface area (Å²) in [5, 5.41) is 0. The summed E-state index contributed by atoms with van der Waals surface area (Å²) in [6.45, 7) is 7.52. The Morgan fingerprint density at radius 2 is 1.78 bits per heavy atom. The third kappa shape index (κ3) is 1.71. The summed E-state index contributed by atoms with van der Waals surface area (Å²) >= 11 is 0. The lowest BCUT2D eigenvalue weighted by molar-refractivity contribution is 0.0446. The molecule has 2 nitrogen and oxygen atoms in total. The predicted octanol–water partition coefficient (Wildman–Crippen LogP) is 3.59. The van der Waals surface area contributed by atoms with Gasteiger partial charge >= 0.3 is 0 Å². The summed E-state index contributed by atoms with van der Waals surface area (Å²) in [6, 6.07) is 1.78. The van der Waals surface area contributed by atoms with Gasteiger partial charge in [0.15, 0.2) is 5.78 Å². The molecular formula is C14H16F2O2. The van der Waals surface area contributed by atoms with Crippen LogP contribution in [-0.2, 0) is 0 Å². The van der Waals surface area contributed by atoms with E-state index < -0.39 is 22.5 Å². The second-order valence-electron chi connectivity index (χ2n) is 5.89. The fourth-order valence-corrected chi connectivity index (χ4v) is 1.94. The first-order valence-electron chi connectivity index (χ1n) is 5.83. The number of halogens is 2. The Kier molecular flexibility index (Phi) is 2.72. The van der Waals surface area contributed by atoms with Gasteiger partial charge in [0, 0.05) is 23.0 Å². The fraction of sp³-hybridized carbons (Fsp3) is 0.500. The van der Waals surface area contributed by atoms with E-state index in [1.165, 1.54) is 0 Å². The summed E-state index contributed by atoms with van der Waals surface area (Å²) in [4.78, 5) is 12.5. The zero-order chi connectivity index (χ0) is 13.7. The molecule has 0 saturated heterocycles. The first kappa shape index (κ1) is 13.0. The lowest BCUT2D eigenvalue weighted by Gasteiger charge is -2.37. The minimum Gasteiger partial charge on any atom is -0.492 e. The number of hydrogen-bond acceptors (Lipinski definition) is 2. The third-order valence-corrected chi connectivity index (χ3v) is 4.09. The Labute approximate surface area is 105 Å². The van der Waals surface area contributed by atoms with Crippen LogP contribution in [0.2, 0.25) is 0 Å². The number of ketones is 1. The van der Waals surface area contributed by atoms with Crippen molar-refractivity contribution in [2.75, 3.05) is 6.61 Å². The lowest BCUT2D eigenvalue weighted by Crippen LogP contribution is -2.41. The summed E-state index contributed by atoms with van der Waals surface area (Å²) < 4.78 is 32.4. The van der Waals surface area contributed by atoms with Gasteiger partial charge < -0.3 is 4.74 Å². The van der Waals surface area contributed by atoms with Crippen LogP contribution in [0.1, 0.15) is 38.1 Å². The van der Waals surface area contributed by atoms with Gasteiger partial charge in [-0.3, -0.25) is 4.79 Å². The smallest absolute Gasteiger partial charge is 0.175 e. The van der Waals surface area contributed by atoms with Gasteiger partial charge in [0.1, 0.15) is 17.4 Å². The Morgan fingerprint density at radius 1 is 1.17 bits per heavy atom. The number of Topliss-reactive ketones (excluding diaryl/α,β-unsaturated/α-hetero) is 1. The molecule has 0 unspecified atom stereocenters. The van der Waals surface area contributed by atoms with E-state index in [9.17, 15) is 13.6 Å². The molecule has 1 aliphatic heterocycles. The highest BCUT2D eigenvalue weighted by Crippen LogP contribution is 2.46. The van der Waals surface area contributed by atoms with Gasteiger partial charge in [-0.1, -0.05) is 27.7 Å². The molecule has 18 heavy (non-hydrogen) atoms. The highest BCUT2D eigenvalue weighted by Gasteiger charge is 2.47. The van der Waals surface area contributed by atoms with E-state index in [-0.39, 0.29) is 23.7 Å². The van der Waals surface area contributed by atoms with E-state index in [2.05, 4.69) is 0 Å². The minimum absolute atomic E-state index is 0.00356. The summed E-state index contributed by atoms with van der Waals surface area (Å²) in [6.07, 6.45) is 0. The van der Waals surface area contributed by atoms with Crippen LogP contribution in [0.15, 0.2) is 12.1 Å². The molecule has 0 aromatic heterocycles. The van der Waals surface area contributed by atoms with Crippen LogP contribution in [0.5, 0.6) is 5.75 Å². The summed E-state index contributed by atoms with van der Waals surface area (Å²) in [5.74, 6) is -1.95. The summed E-state index contributed by atoms with van der Waals surface area (Å²) in [7, 11) is 0. The highest BCUT2D eigenvalue weighted by atomic mass is 19.1. The number of carbonyl (C=O) groups excluding carboxylic acids is 1. The van der Waals surface area contributed by atoms with Gasteiger partial charge in [0.05, 0.1) is 12.2 Å². The maximum Gasteiger partial charge on any atom is 0.175 e. The monoisotopic (exact) mass is 254 g/mol. The topological polar surface area (TPSA) is 26.3 Å². The van der Waals surface area contributed by atoms with E-state index >= 15 is 0 Å². The quantitative estimate of drug-likeness (QED) is 0.707. The van der Waals surface area contributed by atoms with Crippen LogP contribution < -0.4 is 4.74 Å². The molecule has 1 aliphatic rings. The second kappa shape index (κ2) is 3.77. The molecular weight excluding hydrogens is 238 g/mol. The maximum atomic E-state index is 13.8. The second-order valence-corrected chi connectivity index (χ2v) is 5.89. The van der Waals surface area contributed by atoms with Gasteiger partial charge in [-0.2, -0.15) is 0 Å². The number of carbonyl (C=O) groups is 1. The molecule has 1 heterocycles. The average Bonchev–Trinajstić information content (AvgIpc) is 2.29. The van der Waals surface area contributed by atoms with Crippen LogP contribution in [0.4, 0.5) is 8.78 Å². The number of ether oxygens (including phenoxy) is 1. The van der Waals surface area contributed by atoms with Crippen molar-refractivity contribution in [2.24, 2.45) is 10.8 Å². The minimum atomic E-state index is -0.860. The van der Waals surface area contributed by atoms with Crippen molar-refractivity contribution in [3.63, 3.8) is 0 Å². The molecule has 2 rings (SSSR count). The number of fused-ring (bicyclic) bond motifs is 1. The van der Waals surface area contributed by atoms with Crippen molar-refractivity contribution in [1.29, 1.82) is 0 Å². The molecule has 0 spiro atoms. The van der Waals surface area contributed by atoms with Crippen LogP contribution >= 0.6 is 0 Å². The first-order valence-corrected chi connectivity index (χ1v) is 5.83. The summed E-state index contributed by atoms with van der Waals surface area (Å²) in [5.41, 5.74) is -1.39. The molecule has 0 radical (unpaired) electrons. The Hall–Kier alpha value is -1.45. The largest absolute Gasteiger partial charge is 0.492 e. The zero-order valence-corrected chi connectivity index (χ0v) is 10.9. The molecule has 0 N–H and O–H groups in total. The van der Waals surface area contributed by atoms with E-state index in [1.807, 2.05) is 13.8 Å². The Balaban J connectivity index is 2.67. The molecule has 0 fully saturated rings. The zero-order valence-electron chi connectivity index (χ0n) is 10.9. The van der Waals surface area contributed by atoms with Crippen molar-refractivity contribution in [3.8, 4) is 5.75 Å². The van der Waals surface area contributed by atoms with Crippen LogP contribution in [0.3, 0.4) is 0 Å². The maximum absolute atomic E-state index is 13.8. The third-order valence-electron chi connectivity index (χ3n) is 4.09. The number of benzene rings is 1. The van der Waals surface area contributed by atoms with Gasteiger partial charge in [-0.05, 0) is 0 Å². The molecule has 98 valence electrons. The molecule has 4 heteroatoms. The van der Waals surface area contributed by atoms with Gasteiger partial charge in [-0.15, -0.1) is 0 Å². The van der Waals surface area contributed by atoms with Crippen molar-refractivity contribution in [2.45, 2.75) is 27.7 Å². The Bertz CT molecular complexity index is 519. The van der Waals surface area contributed by atoms with Crippen molar-refractivity contribution < 1.29 is 18.3 Å². The fourth-order valence-electron chi connectivity index (χ4n) is 1.94. The van der Waals surface area contributed by atoms with Crippen molar-refractivity contribution >= 4 is 5.78 Å². The Morgan fingerprint density at radius 3 is 2.39 bits per heavy atom. The van der Waals surface area contributed by atoms with Gasteiger partial charge in [0.2, 0.25) is 0 Å². The first-order chi connectivity index (χ1) is 8.17. The van der Waals surface area contributed by atoms with Crippen LogP contribution in [0.25, 0.3) is 0 Å². The van der Waals surface area contributed by atoms with E-state index in [1.54, 1.807) is 13.8 Å². The normalized spacial score (nSPS) is 20.9. The molecule has 0 amide bonds. The average molecular weight is 254 g/mol. The van der Waals surface area contributed by atoms with Gasteiger partial charge in [0.25, 0.3) is 0 Å². The SMILES string of the molecule is CC1(C)COc2cc(F)cc(F)c2C(=O)C1(C)C. The predicted molar refractivity (Wildman–Crippen MR) is 63.7 cm³/mol. The lowest BCUT2D eigenvalue weighted by atomic mass is 9.65. The highest BCUT2D eigenvalue weighted by molar-refractivity contribution is 6.03. The molecule has 0 saturated carbocycles. The van der Waals surface area contributed by atoms with Gasteiger partial charge in [-0.25, -0.2) is 8.78 Å². The van der Waals surface area contributed by atoms with E-state index in [0.717, 1.165) is 6.07 Å².